The average molecular weight is 379 g/mol. The van der Waals surface area contributed by atoms with Gasteiger partial charge in [0.1, 0.15) is 4.21 Å². The van der Waals surface area contributed by atoms with Gasteiger partial charge in [-0.05, 0) is 48.9 Å². The zero-order valence-electron chi connectivity index (χ0n) is 14.1. The predicted octanol–water partition coefficient (Wildman–Crippen LogP) is 3.63. The van der Waals surface area contributed by atoms with Crippen molar-refractivity contribution >= 4 is 33.0 Å². The molecule has 1 saturated heterocycles. The Morgan fingerprint density at radius 2 is 2.12 bits per heavy atom. The number of thiophene rings is 1. The summed E-state index contributed by atoms with van der Waals surface area (Å²) < 4.78 is 27.6. The zero-order valence-corrected chi connectivity index (χ0v) is 15.8. The number of nitrogens with one attached hydrogen (secondary N) is 1. The second kappa shape index (κ2) is 7.68. The summed E-state index contributed by atoms with van der Waals surface area (Å²) in [7, 11) is -3.52. The summed E-state index contributed by atoms with van der Waals surface area (Å²) >= 11 is 1.22. The van der Waals surface area contributed by atoms with Crippen LogP contribution in [0.3, 0.4) is 0 Å². The molecule has 1 aromatic carbocycles. The maximum absolute atomic E-state index is 12.8. The number of piperidine rings is 1. The molecule has 1 N–H and O–H groups in total. The van der Waals surface area contributed by atoms with Gasteiger partial charge in [-0.25, -0.2) is 8.42 Å². The van der Waals surface area contributed by atoms with Crippen LogP contribution in [0, 0.1) is 6.92 Å². The van der Waals surface area contributed by atoms with Crippen molar-refractivity contribution in [1.29, 1.82) is 0 Å². The Balaban J connectivity index is 1.72. The van der Waals surface area contributed by atoms with Gasteiger partial charge in [0, 0.05) is 24.7 Å². The Morgan fingerprint density at radius 3 is 2.84 bits per heavy atom. The van der Waals surface area contributed by atoms with Crippen LogP contribution in [0.15, 0.2) is 46.0 Å². The minimum atomic E-state index is -3.52. The van der Waals surface area contributed by atoms with Gasteiger partial charge in [-0.1, -0.05) is 24.6 Å². The normalized spacial score (nSPS) is 18.8. The summed E-state index contributed by atoms with van der Waals surface area (Å²) in [5, 5.41) is 4.64. The van der Waals surface area contributed by atoms with Crippen LogP contribution in [0.2, 0.25) is 0 Å². The minimum absolute atomic E-state index is 0.149. The third-order valence-corrected chi connectivity index (χ3v) is 7.68. The maximum atomic E-state index is 12.8. The fourth-order valence-electron chi connectivity index (χ4n) is 3.17. The molecule has 1 aliphatic heterocycles. The molecule has 1 fully saturated rings. The van der Waals surface area contributed by atoms with E-state index in [9.17, 15) is 13.2 Å². The van der Waals surface area contributed by atoms with E-state index in [4.69, 9.17) is 0 Å². The van der Waals surface area contributed by atoms with E-state index in [1.54, 1.807) is 17.5 Å². The Kier molecular flexibility index (Phi) is 5.56. The van der Waals surface area contributed by atoms with Crippen LogP contribution in [0.4, 0.5) is 5.69 Å². The maximum Gasteiger partial charge on any atom is 0.252 e. The van der Waals surface area contributed by atoms with Crippen LogP contribution in [0.1, 0.15) is 31.2 Å². The molecule has 5 nitrogen and oxygen atoms in total. The lowest BCUT2D eigenvalue weighted by Crippen LogP contribution is -2.45. The Bertz CT molecular complexity index is 832. The number of hydrogen-bond acceptors (Lipinski definition) is 4. The van der Waals surface area contributed by atoms with Crippen molar-refractivity contribution < 1.29 is 13.2 Å². The highest BCUT2D eigenvalue weighted by atomic mass is 32.2. The molecule has 2 aromatic rings. The van der Waals surface area contributed by atoms with Gasteiger partial charge in [-0.15, -0.1) is 11.3 Å². The van der Waals surface area contributed by atoms with Gasteiger partial charge in [0.05, 0.1) is 0 Å². The minimum Gasteiger partial charge on any atom is -0.326 e. The SMILES string of the molecule is Cc1cccc(NC(=O)CC2CCCCN2S(=O)(=O)c2cccs2)c1. The standard InChI is InChI=1S/C18H22N2O3S2/c1-14-6-4-7-15(12-14)19-17(21)13-16-8-2-3-10-20(16)25(22,23)18-9-5-11-24-18/h4-7,9,11-12,16H,2-3,8,10,13H2,1H3,(H,19,21). The van der Waals surface area contributed by atoms with Gasteiger partial charge in [-0.3, -0.25) is 4.79 Å². The van der Waals surface area contributed by atoms with E-state index >= 15 is 0 Å². The van der Waals surface area contributed by atoms with Crippen LogP contribution < -0.4 is 5.32 Å². The highest BCUT2D eigenvalue weighted by Crippen LogP contribution is 2.29. The van der Waals surface area contributed by atoms with Gasteiger partial charge in [-0.2, -0.15) is 4.31 Å². The Labute approximate surface area is 152 Å². The number of nitrogens with zero attached hydrogens (tertiary/aromatic N) is 1. The molecule has 2 heterocycles. The zero-order chi connectivity index (χ0) is 17.9. The second-order valence-electron chi connectivity index (χ2n) is 6.32. The topological polar surface area (TPSA) is 66.5 Å². The Morgan fingerprint density at radius 1 is 1.28 bits per heavy atom. The number of hydrogen-bond donors (Lipinski definition) is 1. The summed E-state index contributed by atoms with van der Waals surface area (Å²) in [5.74, 6) is -0.149. The molecule has 1 aromatic heterocycles. The lowest BCUT2D eigenvalue weighted by Gasteiger charge is -2.34. The van der Waals surface area contributed by atoms with Gasteiger partial charge >= 0.3 is 0 Å². The molecule has 25 heavy (non-hydrogen) atoms. The van der Waals surface area contributed by atoms with Gasteiger partial charge in [0.2, 0.25) is 5.91 Å². The summed E-state index contributed by atoms with van der Waals surface area (Å²) in [6.07, 6.45) is 2.67. The fraction of sp³-hybridized carbons (Fsp3) is 0.389. The van der Waals surface area contributed by atoms with Crippen molar-refractivity contribution in [3.05, 3.63) is 47.3 Å². The molecule has 1 aliphatic rings. The quantitative estimate of drug-likeness (QED) is 0.864. The molecule has 3 rings (SSSR count). The summed E-state index contributed by atoms with van der Waals surface area (Å²) in [4.78, 5) is 12.4. The molecule has 0 aliphatic carbocycles. The molecular weight excluding hydrogens is 356 g/mol. The van der Waals surface area contributed by atoms with Crippen LogP contribution in [0.5, 0.6) is 0 Å². The van der Waals surface area contributed by atoms with Crippen molar-refractivity contribution in [2.24, 2.45) is 0 Å². The number of aryl methyl sites for hydroxylation is 1. The molecule has 0 bridgehead atoms. The summed E-state index contributed by atoms with van der Waals surface area (Å²) in [6, 6.07) is 10.7. The van der Waals surface area contributed by atoms with Crippen molar-refractivity contribution in [3.63, 3.8) is 0 Å². The van der Waals surface area contributed by atoms with Gasteiger partial charge in [0.25, 0.3) is 10.0 Å². The van der Waals surface area contributed by atoms with Crippen molar-refractivity contribution in [2.45, 2.75) is 42.9 Å². The smallest absolute Gasteiger partial charge is 0.252 e. The van der Waals surface area contributed by atoms with Crippen molar-refractivity contribution in [1.82, 2.24) is 4.31 Å². The number of carbonyl (C=O) groups is 1. The lowest BCUT2D eigenvalue weighted by atomic mass is 10.0. The van der Waals surface area contributed by atoms with E-state index in [1.165, 1.54) is 15.6 Å². The fourth-order valence-corrected chi connectivity index (χ4v) is 5.98. The number of sulfonamides is 1. The van der Waals surface area contributed by atoms with Gasteiger partial charge < -0.3 is 5.32 Å². The first-order chi connectivity index (χ1) is 12.0. The highest BCUT2D eigenvalue weighted by molar-refractivity contribution is 7.91. The molecule has 1 unspecified atom stereocenters. The molecule has 0 radical (unpaired) electrons. The van der Waals surface area contributed by atoms with E-state index < -0.39 is 10.0 Å². The molecule has 1 amide bonds. The van der Waals surface area contributed by atoms with Crippen LogP contribution in [-0.4, -0.2) is 31.2 Å². The lowest BCUT2D eigenvalue weighted by molar-refractivity contribution is -0.117. The monoisotopic (exact) mass is 378 g/mol. The molecule has 1 atom stereocenters. The molecule has 0 spiro atoms. The Hall–Kier alpha value is -1.70. The summed E-state index contributed by atoms with van der Waals surface area (Å²) in [5.41, 5.74) is 1.81. The third kappa shape index (κ3) is 4.29. The second-order valence-corrected chi connectivity index (χ2v) is 9.38. The average Bonchev–Trinajstić information content (AvgIpc) is 3.10. The van der Waals surface area contributed by atoms with E-state index in [1.807, 2.05) is 31.2 Å². The molecule has 0 saturated carbocycles. The predicted molar refractivity (Wildman–Crippen MR) is 100 cm³/mol. The van der Waals surface area contributed by atoms with E-state index in [2.05, 4.69) is 5.32 Å². The molecular formula is C18H22N2O3S2. The number of anilines is 1. The van der Waals surface area contributed by atoms with Crippen LogP contribution >= 0.6 is 11.3 Å². The molecule has 7 heteroatoms. The van der Waals surface area contributed by atoms with Crippen LogP contribution in [-0.2, 0) is 14.8 Å². The van der Waals surface area contributed by atoms with Gasteiger partial charge in [0.15, 0.2) is 0 Å². The largest absolute Gasteiger partial charge is 0.326 e. The molecule has 134 valence electrons. The van der Waals surface area contributed by atoms with E-state index in [-0.39, 0.29) is 18.4 Å². The number of rotatable bonds is 5. The number of amides is 1. The third-order valence-electron chi connectivity index (χ3n) is 4.35. The van der Waals surface area contributed by atoms with Crippen molar-refractivity contribution in [2.75, 3.05) is 11.9 Å². The van der Waals surface area contributed by atoms with E-state index in [0.717, 1.165) is 24.1 Å². The number of benzene rings is 1. The number of carbonyl (C=O) groups excluding carboxylic acids is 1. The van der Waals surface area contributed by atoms with Crippen LogP contribution in [0.25, 0.3) is 0 Å². The summed E-state index contributed by atoms with van der Waals surface area (Å²) in [6.45, 7) is 2.44. The first-order valence-corrected chi connectivity index (χ1v) is 10.7. The first kappa shape index (κ1) is 18.1. The highest BCUT2D eigenvalue weighted by Gasteiger charge is 2.35. The van der Waals surface area contributed by atoms with E-state index in [0.29, 0.717) is 17.2 Å². The first-order valence-electron chi connectivity index (χ1n) is 8.39. The van der Waals surface area contributed by atoms with Crippen molar-refractivity contribution in [3.8, 4) is 0 Å².